The second-order valence-corrected chi connectivity index (χ2v) is 6.33. The van der Waals surface area contributed by atoms with Gasteiger partial charge in [-0.3, -0.25) is 4.98 Å². The van der Waals surface area contributed by atoms with Crippen LogP contribution in [0.15, 0.2) is 43.0 Å². The lowest BCUT2D eigenvalue weighted by atomic mass is 10.0. The third-order valence-electron chi connectivity index (χ3n) is 4.74. The van der Waals surface area contributed by atoms with E-state index < -0.39 is 0 Å². The third-order valence-corrected chi connectivity index (χ3v) is 4.74. The second-order valence-electron chi connectivity index (χ2n) is 6.33. The predicted octanol–water partition coefficient (Wildman–Crippen LogP) is 1.91. The highest BCUT2D eigenvalue weighted by Crippen LogP contribution is 2.35. The highest BCUT2D eigenvalue weighted by Gasteiger charge is 2.33. The first-order valence-electron chi connectivity index (χ1n) is 8.07. The number of fused-ring (bicyclic) bond motifs is 1. The maximum Gasteiger partial charge on any atom is 0.145 e. The average molecular weight is 323 g/mol. The van der Waals surface area contributed by atoms with Crippen LogP contribution in [0.5, 0.6) is 5.75 Å². The molecule has 24 heavy (non-hydrogen) atoms. The molecular formula is C18H21N5O. The molecule has 1 aliphatic heterocycles. The molecule has 0 radical (unpaired) electrons. The van der Waals surface area contributed by atoms with Crippen molar-refractivity contribution in [3.63, 3.8) is 0 Å². The molecule has 124 valence electrons. The Bertz CT molecular complexity index is 875. The van der Waals surface area contributed by atoms with E-state index in [0.29, 0.717) is 0 Å². The van der Waals surface area contributed by atoms with Gasteiger partial charge in [-0.1, -0.05) is 12.1 Å². The average Bonchev–Trinajstić information content (AvgIpc) is 3.19. The maximum atomic E-state index is 6.42. The summed E-state index contributed by atoms with van der Waals surface area (Å²) in [5.41, 5.74) is 9.50. The van der Waals surface area contributed by atoms with E-state index in [1.165, 1.54) is 0 Å². The molecule has 4 rings (SSSR count). The molecule has 0 aliphatic carbocycles. The largest absolute Gasteiger partial charge is 0.494 e. The molecule has 1 aliphatic rings. The maximum absolute atomic E-state index is 6.42. The number of hydrogen-bond acceptors (Lipinski definition) is 5. The summed E-state index contributed by atoms with van der Waals surface area (Å²) in [6, 6.07) is 8.13. The first-order chi connectivity index (χ1) is 11.7. The van der Waals surface area contributed by atoms with Crippen molar-refractivity contribution in [2.45, 2.75) is 12.0 Å². The number of benzene rings is 1. The van der Waals surface area contributed by atoms with Crippen molar-refractivity contribution in [1.29, 1.82) is 0 Å². The first kappa shape index (κ1) is 15.0. The highest BCUT2D eigenvalue weighted by molar-refractivity contribution is 5.95. The molecule has 1 fully saturated rings. The normalized spacial score (nSPS) is 20.7. The SMILES string of the molecule is COc1cccc2c(N3C[C@@H](N)[C@H](c4cn(C)cn4)C3)ccnc12. The van der Waals surface area contributed by atoms with Crippen LogP contribution in [-0.4, -0.2) is 40.8 Å². The van der Waals surface area contributed by atoms with Crippen molar-refractivity contribution in [3.05, 3.63) is 48.7 Å². The number of anilines is 1. The number of imidazole rings is 1. The van der Waals surface area contributed by atoms with Gasteiger partial charge in [-0.2, -0.15) is 0 Å². The molecule has 3 aromatic rings. The van der Waals surface area contributed by atoms with E-state index >= 15 is 0 Å². The Hall–Kier alpha value is -2.60. The zero-order valence-corrected chi connectivity index (χ0v) is 13.9. The molecule has 6 nitrogen and oxygen atoms in total. The molecule has 0 unspecified atom stereocenters. The molecule has 1 saturated heterocycles. The van der Waals surface area contributed by atoms with Gasteiger partial charge >= 0.3 is 0 Å². The van der Waals surface area contributed by atoms with Crippen LogP contribution in [0.2, 0.25) is 0 Å². The Labute approximate surface area is 140 Å². The zero-order chi connectivity index (χ0) is 16.7. The molecule has 1 aromatic carbocycles. The van der Waals surface area contributed by atoms with Crippen LogP contribution >= 0.6 is 0 Å². The number of rotatable bonds is 3. The van der Waals surface area contributed by atoms with Crippen molar-refractivity contribution in [2.24, 2.45) is 12.8 Å². The molecule has 2 atom stereocenters. The number of para-hydroxylation sites is 1. The standard InChI is InChI=1S/C18H21N5O/c1-22-10-15(21-11-22)13-8-23(9-14(13)19)16-6-7-20-18-12(16)4-3-5-17(18)24-2/h3-7,10-11,13-14H,8-9,19H2,1-2H3/t13-,14-/m1/s1. The Balaban J connectivity index is 1.71. The van der Waals surface area contributed by atoms with Gasteiger partial charge in [-0.05, 0) is 12.1 Å². The molecular weight excluding hydrogens is 302 g/mol. The van der Waals surface area contributed by atoms with Gasteiger partial charge in [0.1, 0.15) is 11.3 Å². The van der Waals surface area contributed by atoms with Crippen molar-refractivity contribution in [1.82, 2.24) is 14.5 Å². The van der Waals surface area contributed by atoms with Crippen LogP contribution in [0.25, 0.3) is 10.9 Å². The quantitative estimate of drug-likeness (QED) is 0.797. The molecule has 2 aromatic heterocycles. The number of hydrogen-bond donors (Lipinski definition) is 1. The smallest absolute Gasteiger partial charge is 0.145 e. The van der Waals surface area contributed by atoms with E-state index in [0.717, 1.165) is 41.1 Å². The number of ether oxygens (including phenoxy) is 1. The molecule has 0 bridgehead atoms. The number of nitrogens with two attached hydrogens (primary N) is 1. The van der Waals surface area contributed by atoms with Gasteiger partial charge in [-0.25, -0.2) is 4.98 Å². The van der Waals surface area contributed by atoms with Gasteiger partial charge in [-0.15, -0.1) is 0 Å². The molecule has 6 heteroatoms. The Kier molecular flexibility index (Phi) is 3.61. The minimum atomic E-state index is 0.0636. The lowest BCUT2D eigenvalue weighted by Gasteiger charge is -2.20. The summed E-state index contributed by atoms with van der Waals surface area (Å²) in [5.74, 6) is 1.03. The van der Waals surface area contributed by atoms with Gasteiger partial charge in [0.05, 0.1) is 19.1 Å². The van der Waals surface area contributed by atoms with Crippen molar-refractivity contribution < 1.29 is 4.74 Å². The molecule has 0 spiro atoms. The monoisotopic (exact) mass is 323 g/mol. The fraction of sp³-hybridized carbons (Fsp3) is 0.333. The molecule has 0 amide bonds. The summed E-state index contributed by atoms with van der Waals surface area (Å²) >= 11 is 0. The molecule has 0 saturated carbocycles. The fourth-order valence-electron chi connectivity index (χ4n) is 3.54. The lowest BCUT2D eigenvalue weighted by molar-refractivity contribution is 0.419. The van der Waals surface area contributed by atoms with Gasteiger partial charge < -0.3 is 19.9 Å². The van der Waals surface area contributed by atoms with Crippen LogP contribution in [0.3, 0.4) is 0 Å². The summed E-state index contributed by atoms with van der Waals surface area (Å²) in [7, 11) is 3.66. The fourth-order valence-corrected chi connectivity index (χ4v) is 3.54. The summed E-state index contributed by atoms with van der Waals surface area (Å²) in [4.78, 5) is 11.3. The summed E-state index contributed by atoms with van der Waals surface area (Å²) in [6.45, 7) is 1.66. The van der Waals surface area contributed by atoms with Crippen LogP contribution in [0.1, 0.15) is 11.6 Å². The van der Waals surface area contributed by atoms with Crippen LogP contribution in [0, 0.1) is 0 Å². The minimum absolute atomic E-state index is 0.0636. The second kappa shape index (κ2) is 5.79. The van der Waals surface area contributed by atoms with Crippen molar-refractivity contribution >= 4 is 16.6 Å². The Morgan fingerprint density at radius 2 is 2.08 bits per heavy atom. The number of methoxy groups -OCH3 is 1. The van der Waals surface area contributed by atoms with Crippen LogP contribution < -0.4 is 15.4 Å². The Morgan fingerprint density at radius 3 is 2.83 bits per heavy atom. The summed E-state index contributed by atoms with van der Waals surface area (Å²) < 4.78 is 7.41. The summed E-state index contributed by atoms with van der Waals surface area (Å²) in [6.07, 6.45) is 5.72. The highest BCUT2D eigenvalue weighted by atomic mass is 16.5. The van der Waals surface area contributed by atoms with Gasteiger partial charge in [0.25, 0.3) is 0 Å². The number of nitrogens with zero attached hydrogens (tertiary/aromatic N) is 4. The predicted molar refractivity (Wildman–Crippen MR) is 94.4 cm³/mol. The minimum Gasteiger partial charge on any atom is -0.494 e. The number of aryl methyl sites for hydroxylation is 1. The van der Waals surface area contributed by atoms with E-state index in [9.17, 15) is 0 Å². The molecule has 3 heterocycles. The Morgan fingerprint density at radius 1 is 1.21 bits per heavy atom. The first-order valence-corrected chi connectivity index (χ1v) is 8.07. The van der Waals surface area contributed by atoms with E-state index in [2.05, 4.69) is 33.2 Å². The van der Waals surface area contributed by atoms with E-state index in [4.69, 9.17) is 10.5 Å². The zero-order valence-electron chi connectivity index (χ0n) is 13.9. The van der Waals surface area contributed by atoms with Crippen molar-refractivity contribution in [3.8, 4) is 5.75 Å². The van der Waals surface area contributed by atoms with Crippen LogP contribution in [-0.2, 0) is 7.05 Å². The van der Waals surface area contributed by atoms with Gasteiger partial charge in [0.15, 0.2) is 0 Å². The third kappa shape index (κ3) is 2.39. The number of pyridine rings is 1. The lowest BCUT2D eigenvalue weighted by Crippen LogP contribution is -2.28. The van der Waals surface area contributed by atoms with E-state index in [1.54, 1.807) is 7.11 Å². The number of aromatic nitrogens is 3. The van der Waals surface area contributed by atoms with E-state index in [1.807, 2.05) is 36.3 Å². The van der Waals surface area contributed by atoms with E-state index in [-0.39, 0.29) is 12.0 Å². The van der Waals surface area contributed by atoms with Gasteiger partial charge in [0, 0.05) is 55.6 Å². The van der Waals surface area contributed by atoms with Gasteiger partial charge in [0.2, 0.25) is 0 Å². The summed E-state index contributed by atoms with van der Waals surface area (Å²) in [5, 5.41) is 1.09. The van der Waals surface area contributed by atoms with Crippen molar-refractivity contribution in [2.75, 3.05) is 25.1 Å². The topological polar surface area (TPSA) is 69.2 Å². The van der Waals surface area contributed by atoms with Crippen LogP contribution in [0.4, 0.5) is 5.69 Å². The molecule has 2 N–H and O–H groups in total.